The summed E-state index contributed by atoms with van der Waals surface area (Å²) in [6, 6.07) is 17.0. The molecule has 0 aliphatic carbocycles. The van der Waals surface area contributed by atoms with Gasteiger partial charge in [-0.25, -0.2) is 8.42 Å². The van der Waals surface area contributed by atoms with Crippen molar-refractivity contribution in [3.8, 4) is 0 Å². The molecule has 0 aromatic heterocycles. The maximum Gasteiger partial charge on any atom is 0.243 e. The molecule has 0 bridgehead atoms. The quantitative estimate of drug-likeness (QED) is 0.865. The number of aryl methyl sites for hydroxylation is 1. The van der Waals surface area contributed by atoms with Crippen LogP contribution in [0.3, 0.4) is 0 Å². The van der Waals surface area contributed by atoms with Crippen LogP contribution in [0.25, 0.3) is 0 Å². The molecule has 0 unspecified atom stereocenters. The van der Waals surface area contributed by atoms with E-state index in [1.807, 2.05) is 12.1 Å². The molecule has 1 fully saturated rings. The Bertz CT molecular complexity index is 752. The van der Waals surface area contributed by atoms with Crippen molar-refractivity contribution in [1.82, 2.24) is 9.21 Å². The van der Waals surface area contributed by atoms with E-state index >= 15 is 0 Å². The van der Waals surface area contributed by atoms with Crippen molar-refractivity contribution in [2.24, 2.45) is 0 Å². The fourth-order valence-corrected chi connectivity index (χ4v) is 4.34. The molecule has 3 rings (SSSR count). The van der Waals surface area contributed by atoms with Crippen molar-refractivity contribution >= 4 is 10.0 Å². The van der Waals surface area contributed by atoms with Gasteiger partial charge in [-0.3, -0.25) is 4.90 Å². The number of hydrogen-bond acceptors (Lipinski definition) is 3. The summed E-state index contributed by atoms with van der Waals surface area (Å²) in [5, 5.41) is 0. The maximum absolute atomic E-state index is 12.6. The molecule has 122 valence electrons. The minimum Gasteiger partial charge on any atom is -0.296 e. The van der Waals surface area contributed by atoms with Crippen LogP contribution in [0.15, 0.2) is 59.5 Å². The monoisotopic (exact) mass is 330 g/mol. The van der Waals surface area contributed by atoms with E-state index in [-0.39, 0.29) is 0 Å². The van der Waals surface area contributed by atoms with Gasteiger partial charge in [0, 0.05) is 32.7 Å². The van der Waals surface area contributed by atoms with E-state index in [4.69, 9.17) is 0 Å². The van der Waals surface area contributed by atoms with Gasteiger partial charge in [-0.1, -0.05) is 42.5 Å². The molecular weight excluding hydrogens is 308 g/mol. The first-order valence-corrected chi connectivity index (χ1v) is 9.33. The first kappa shape index (κ1) is 16.2. The number of hydrogen-bond donors (Lipinski definition) is 0. The second-order valence-corrected chi connectivity index (χ2v) is 7.86. The highest BCUT2D eigenvalue weighted by molar-refractivity contribution is 7.89. The van der Waals surface area contributed by atoms with Crippen LogP contribution < -0.4 is 0 Å². The first-order valence-electron chi connectivity index (χ1n) is 7.89. The predicted octanol–water partition coefficient (Wildman–Crippen LogP) is 2.50. The summed E-state index contributed by atoms with van der Waals surface area (Å²) in [6.07, 6.45) is 0. The lowest BCUT2D eigenvalue weighted by atomic mass is 10.1. The van der Waals surface area contributed by atoms with E-state index in [1.54, 1.807) is 28.6 Å². The molecule has 23 heavy (non-hydrogen) atoms. The van der Waals surface area contributed by atoms with Gasteiger partial charge in [0.25, 0.3) is 0 Å². The van der Waals surface area contributed by atoms with E-state index in [9.17, 15) is 8.42 Å². The van der Waals surface area contributed by atoms with E-state index in [1.165, 1.54) is 11.1 Å². The highest BCUT2D eigenvalue weighted by atomic mass is 32.2. The molecule has 0 atom stereocenters. The lowest BCUT2D eigenvalue weighted by Crippen LogP contribution is -2.48. The summed E-state index contributed by atoms with van der Waals surface area (Å²) >= 11 is 0. The molecule has 0 amide bonds. The van der Waals surface area contributed by atoms with Gasteiger partial charge in [-0.2, -0.15) is 4.31 Å². The molecule has 2 aromatic rings. The van der Waals surface area contributed by atoms with Crippen LogP contribution in [0.4, 0.5) is 0 Å². The zero-order valence-corrected chi connectivity index (χ0v) is 14.2. The average Bonchev–Trinajstić information content (AvgIpc) is 2.58. The molecule has 1 heterocycles. The molecular formula is C18H22N2O2S. The zero-order valence-electron chi connectivity index (χ0n) is 13.4. The average molecular weight is 330 g/mol. The van der Waals surface area contributed by atoms with Crippen molar-refractivity contribution in [3.63, 3.8) is 0 Å². The summed E-state index contributed by atoms with van der Waals surface area (Å²) < 4.78 is 26.8. The van der Waals surface area contributed by atoms with Crippen LogP contribution in [-0.2, 0) is 16.6 Å². The number of rotatable bonds is 4. The van der Waals surface area contributed by atoms with Crippen molar-refractivity contribution < 1.29 is 8.42 Å². The Hall–Kier alpha value is -1.69. The van der Waals surface area contributed by atoms with Crippen molar-refractivity contribution in [3.05, 3.63) is 65.7 Å². The van der Waals surface area contributed by atoms with E-state index in [0.717, 1.165) is 19.6 Å². The van der Waals surface area contributed by atoms with Crippen LogP contribution in [0.1, 0.15) is 11.1 Å². The first-order chi connectivity index (χ1) is 11.1. The molecule has 0 saturated carbocycles. The number of piperazine rings is 1. The van der Waals surface area contributed by atoms with Crippen molar-refractivity contribution in [1.29, 1.82) is 0 Å². The Labute approximate surface area is 138 Å². The fourth-order valence-electron chi connectivity index (χ4n) is 2.90. The second-order valence-electron chi connectivity index (χ2n) is 5.92. The van der Waals surface area contributed by atoms with Gasteiger partial charge in [0.15, 0.2) is 0 Å². The largest absolute Gasteiger partial charge is 0.296 e. The number of sulfonamides is 1. The van der Waals surface area contributed by atoms with Crippen molar-refractivity contribution in [2.75, 3.05) is 26.2 Å². The Morgan fingerprint density at radius 2 is 1.48 bits per heavy atom. The van der Waals surface area contributed by atoms with Gasteiger partial charge >= 0.3 is 0 Å². The van der Waals surface area contributed by atoms with Crippen molar-refractivity contribution in [2.45, 2.75) is 18.4 Å². The Morgan fingerprint density at radius 1 is 0.870 bits per heavy atom. The maximum atomic E-state index is 12.6. The molecule has 0 radical (unpaired) electrons. The SMILES string of the molecule is Cc1ccccc1CN1CCN(S(=O)(=O)c2ccccc2)CC1. The molecule has 5 heteroatoms. The van der Waals surface area contributed by atoms with Gasteiger partial charge in [0.05, 0.1) is 4.90 Å². The molecule has 2 aromatic carbocycles. The topological polar surface area (TPSA) is 40.6 Å². The Morgan fingerprint density at radius 3 is 2.13 bits per heavy atom. The molecule has 0 N–H and O–H groups in total. The van der Waals surface area contributed by atoms with Gasteiger partial charge in [0.2, 0.25) is 10.0 Å². The third kappa shape index (κ3) is 3.63. The van der Waals surface area contributed by atoms with Crippen LogP contribution in [0, 0.1) is 6.92 Å². The Kier molecular flexibility index (Phi) is 4.80. The third-order valence-corrected chi connectivity index (χ3v) is 6.28. The van der Waals surface area contributed by atoms with E-state index in [2.05, 4.69) is 30.0 Å². The standard InChI is InChI=1S/C18H22N2O2S/c1-16-7-5-6-8-17(16)15-19-11-13-20(14-12-19)23(21,22)18-9-3-2-4-10-18/h2-10H,11-15H2,1H3. The summed E-state index contributed by atoms with van der Waals surface area (Å²) in [5.41, 5.74) is 2.60. The molecule has 4 nitrogen and oxygen atoms in total. The predicted molar refractivity (Wildman–Crippen MR) is 91.7 cm³/mol. The summed E-state index contributed by atoms with van der Waals surface area (Å²) in [6.45, 7) is 5.62. The van der Waals surface area contributed by atoms with Gasteiger partial charge in [-0.05, 0) is 30.2 Å². The number of benzene rings is 2. The molecule has 1 aliphatic heterocycles. The van der Waals surface area contributed by atoms with Gasteiger partial charge in [0.1, 0.15) is 0 Å². The highest BCUT2D eigenvalue weighted by Crippen LogP contribution is 2.18. The fraction of sp³-hybridized carbons (Fsp3) is 0.333. The second kappa shape index (κ2) is 6.83. The van der Waals surface area contributed by atoms with Crippen LogP contribution in [0.2, 0.25) is 0 Å². The normalized spacial score (nSPS) is 17.3. The summed E-state index contributed by atoms with van der Waals surface area (Å²) in [5.74, 6) is 0. The molecule has 0 spiro atoms. The summed E-state index contributed by atoms with van der Waals surface area (Å²) in [4.78, 5) is 2.70. The minimum absolute atomic E-state index is 0.382. The van der Waals surface area contributed by atoms with Crippen LogP contribution in [0.5, 0.6) is 0 Å². The Balaban J connectivity index is 1.64. The van der Waals surface area contributed by atoms with E-state index in [0.29, 0.717) is 18.0 Å². The minimum atomic E-state index is -3.36. The lowest BCUT2D eigenvalue weighted by Gasteiger charge is -2.34. The summed E-state index contributed by atoms with van der Waals surface area (Å²) in [7, 11) is -3.36. The molecule has 1 saturated heterocycles. The zero-order chi connectivity index (χ0) is 16.3. The number of nitrogens with zero attached hydrogens (tertiary/aromatic N) is 2. The van der Waals surface area contributed by atoms with Gasteiger partial charge < -0.3 is 0 Å². The third-order valence-electron chi connectivity index (χ3n) is 4.37. The van der Waals surface area contributed by atoms with Crippen LogP contribution >= 0.6 is 0 Å². The smallest absolute Gasteiger partial charge is 0.243 e. The lowest BCUT2D eigenvalue weighted by molar-refractivity contribution is 0.181. The molecule has 1 aliphatic rings. The van der Waals surface area contributed by atoms with E-state index < -0.39 is 10.0 Å². The van der Waals surface area contributed by atoms with Crippen LogP contribution in [-0.4, -0.2) is 43.8 Å². The highest BCUT2D eigenvalue weighted by Gasteiger charge is 2.28. The van der Waals surface area contributed by atoms with Gasteiger partial charge in [-0.15, -0.1) is 0 Å².